The van der Waals surface area contributed by atoms with Crippen LogP contribution in [-0.2, 0) is 9.84 Å². The van der Waals surface area contributed by atoms with Crippen molar-refractivity contribution in [2.45, 2.75) is 24.7 Å². The molecule has 1 aromatic rings. The van der Waals surface area contributed by atoms with Crippen LogP contribution in [0.3, 0.4) is 0 Å². The van der Waals surface area contributed by atoms with Crippen molar-refractivity contribution in [3.05, 3.63) is 18.2 Å². The average molecular weight is 268 g/mol. The Balaban J connectivity index is 2.45. The molecule has 0 aromatic heterocycles. The molecule has 0 radical (unpaired) electrons. The Labute approximate surface area is 109 Å². The molecule has 0 unspecified atom stereocenters. The maximum absolute atomic E-state index is 11.8. The lowest BCUT2D eigenvalue weighted by atomic mass is 10.00. The third-order valence-electron chi connectivity index (χ3n) is 3.38. The lowest BCUT2D eigenvalue weighted by molar-refractivity contribution is 0.445. The first-order valence-electron chi connectivity index (χ1n) is 6.22. The van der Waals surface area contributed by atoms with Gasteiger partial charge in [-0.2, -0.15) is 0 Å². The summed E-state index contributed by atoms with van der Waals surface area (Å²) in [5, 5.41) is 0. The molecule has 1 aliphatic heterocycles. The van der Waals surface area contributed by atoms with Gasteiger partial charge in [-0.05, 0) is 37.0 Å². The molecule has 18 heavy (non-hydrogen) atoms. The molecule has 0 saturated carbocycles. The summed E-state index contributed by atoms with van der Waals surface area (Å²) in [4.78, 5) is 2.52. The molecule has 4 nitrogen and oxygen atoms in total. The van der Waals surface area contributed by atoms with Crippen LogP contribution in [0.5, 0.6) is 0 Å². The second kappa shape index (κ2) is 4.80. The predicted molar refractivity (Wildman–Crippen MR) is 74.6 cm³/mol. The molecule has 1 saturated heterocycles. The van der Waals surface area contributed by atoms with Crippen LogP contribution in [0.25, 0.3) is 0 Å². The van der Waals surface area contributed by atoms with Crippen molar-refractivity contribution in [1.82, 2.24) is 0 Å². The normalized spacial score (nSPS) is 21.0. The van der Waals surface area contributed by atoms with Gasteiger partial charge >= 0.3 is 0 Å². The van der Waals surface area contributed by atoms with Crippen molar-refractivity contribution in [3.8, 4) is 0 Å². The standard InChI is InChI=1S/C13H20N2O2S/c1-10-4-3-7-15(9-10)12-8-11(14)5-6-13(12)18(2,16)17/h5-6,8,10H,3-4,7,9,14H2,1-2H3/t10-/m1/s1. The quantitative estimate of drug-likeness (QED) is 0.832. The zero-order valence-corrected chi connectivity index (χ0v) is 11.7. The van der Waals surface area contributed by atoms with E-state index >= 15 is 0 Å². The Kier molecular flexibility index (Phi) is 3.52. The summed E-state index contributed by atoms with van der Waals surface area (Å²) in [6, 6.07) is 5.03. The van der Waals surface area contributed by atoms with Gasteiger partial charge < -0.3 is 10.6 Å². The van der Waals surface area contributed by atoms with Gasteiger partial charge in [0.2, 0.25) is 0 Å². The number of benzene rings is 1. The Hall–Kier alpha value is -1.23. The summed E-state index contributed by atoms with van der Waals surface area (Å²) >= 11 is 0. The average Bonchev–Trinajstić information content (AvgIpc) is 2.27. The minimum Gasteiger partial charge on any atom is -0.399 e. The third kappa shape index (κ3) is 2.77. The second-order valence-electron chi connectivity index (χ2n) is 5.19. The number of hydrogen-bond donors (Lipinski definition) is 1. The predicted octanol–water partition coefficient (Wildman–Crippen LogP) is 1.91. The van der Waals surface area contributed by atoms with Crippen LogP contribution < -0.4 is 10.6 Å². The lowest BCUT2D eigenvalue weighted by Crippen LogP contribution is -2.35. The van der Waals surface area contributed by atoms with Gasteiger partial charge in [-0.3, -0.25) is 0 Å². The number of piperidine rings is 1. The molecule has 1 aliphatic rings. The molecule has 0 bridgehead atoms. The lowest BCUT2D eigenvalue weighted by Gasteiger charge is -2.34. The zero-order chi connectivity index (χ0) is 13.3. The molecule has 100 valence electrons. The van der Waals surface area contributed by atoms with Gasteiger partial charge in [-0.25, -0.2) is 8.42 Å². The molecule has 0 amide bonds. The first-order valence-corrected chi connectivity index (χ1v) is 8.11. The van der Waals surface area contributed by atoms with Crippen molar-refractivity contribution >= 4 is 21.2 Å². The van der Waals surface area contributed by atoms with Crippen LogP contribution in [0, 0.1) is 5.92 Å². The van der Waals surface area contributed by atoms with E-state index in [0.717, 1.165) is 25.2 Å². The Morgan fingerprint density at radius 1 is 1.39 bits per heavy atom. The van der Waals surface area contributed by atoms with Gasteiger partial charge in [-0.15, -0.1) is 0 Å². The summed E-state index contributed by atoms with van der Waals surface area (Å²) in [6.07, 6.45) is 3.54. The van der Waals surface area contributed by atoms with Crippen molar-refractivity contribution in [1.29, 1.82) is 0 Å². The SMILES string of the molecule is C[C@@H]1CCCN(c2cc(N)ccc2S(C)(=O)=O)C1. The van der Waals surface area contributed by atoms with Crippen molar-refractivity contribution in [3.63, 3.8) is 0 Å². The van der Waals surface area contributed by atoms with Crippen LogP contribution in [0.2, 0.25) is 0 Å². The van der Waals surface area contributed by atoms with E-state index in [-0.39, 0.29) is 0 Å². The molecule has 0 spiro atoms. The van der Waals surface area contributed by atoms with Gasteiger partial charge in [0, 0.05) is 25.0 Å². The Morgan fingerprint density at radius 3 is 2.72 bits per heavy atom. The minimum atomic E-state index is -3.21. The number of sulfone groups is 1. The number of nitrogens with zero attached hydrogens (tertiary/aromatic N) is 1. The fourth-order valence-electron chi connectivity index (χ4n) is 2.50. The number of rotatable bonds is 2. The van der Waals surface area contributed by atoms with E-state index < -0.39 is 9.84 Å². The van der Waals surface area contributed by atoms with E-state index in [1.165, 1.54) is 12.7 Å². The Bertz CT molecular complexity index is 540. The first kappa shape index (κ1) is 13.2. The van der Waals surface area contributed by atoms with Gasteiger partial charge in [-0.1, -0.05) is 6.92 Å². The molecule has 1 heterocycles. The van der Waals surface area contributed by atoms with Crippen molar-refractivity contribution in [2.24, 2.45) is 5.92 Å². The largest absolute Gasteiger partial charge is 0.399 e. The van der Waals surface area contributed by atoms with Crippen LogP contribution in [-0.4, -0.2) is 27.8 Å². The summed E-state index contributed by atoms with van der Waals surface area (Å²) in [5.41, 5.74) is 7.15. The molecule has 1 aromatic carbocycles. The molecule has 2 rings (SSSR count). The van der Waals surface area contributed by atoms with Crippen LogP contribution in [0.4, 0.5) is 11.4 Å². The van der Waals surface area contributed by atoms with Gasteiger partial charge in [0.05, 0.1) is 10.6 Å². The van der Waals surface area contributed by atoms with E-state index in [4.69, 9.17) is 5.73 Å². The smallest absolute Gasteiger partial charge is 0.177 e. The van der Waals surface area contributed by atoms with Gasteiger partial charge in [0.1, 0.15) is 0 Å². The summed E-state index contributed by atoms with van der Waals surface area (Å²) in [6.45, 7) is 3.99. The third-order valence-corrected chi connectivity index (χ3v) is 4.52. The van der Waals surface area contributed by atoms with E-state index in [0.29, 0.717) is 16.5 Å². The van der Waals surface area contributed by atoms with E-state index in [2.05, 4.69) is 11.8 Å². The maximum Gasteiger partial charge on any atom is 0.177 e. The molecular formula is C13H20N2O2S. The van der Waals surface area contributed by atoms with E-state index in [1.807, 2.05) is 0 Å². The Morgan fingerprint density at radius 2 is 2.11 bits per heavy atom. The van der Waals surface area contributed by atoms with E-state index in [9.17, 15) is 8.42 Å². The number of anilines is 2. The first-order chi connectivity index (χ1) is 8.38. The van der Waals surface area contributed by atoms with Gasteiger partial charge in [0.25, 0.3) is 0 Å². The molecule has 1 fully saturated rings. The van der Waals surface area contributed by atoms with Crippen LogP contribution in [0.15, 0.2) is 23.1 Å². The molecule has 0 aliphatic carbocycles. The minimum absolute atomic E-state index is 0.380. The fraction of sp³-hybridized carbons (Fsp3) is 0.538. The fourth-order valence-corrected chi connectivity index (χ4v) is 3.39. The molecule has 2 N–H and O–H groups in total. The number of nitrogens with two attached hydrogens (primary N) is 1. The summed E-state index contributed by atoms with van der Waals surface area (Å²) in [5.74, 6) is 0.590. The molecule has 1 atom stereocenters. The topological polar surface area (TPSA) is 63.4 Å². The highest BCUT2D eigenvalue weighted by atomic mass is 32.2. The van der Waals surface area contributed by atoms with Crippen LogP contribution in [0.1, 0.15) is 19.8 Å². The monoisotopic (exact) mass is 268 g/mol. The second-order valence-corrected chi connectivity index (χ2v) is 7.18. The number of nitrogen functional groups attached to an aromatic ring is 1. The zero-order valence-electron chi connectivity index (χ0n) is 10.9. The van der Waals surface area contributed by atoms with Crippen molar-refractivity contribution in [2.75, 3.05) is 30.0 Å². The van der Waals surface area contributed by atoms with Crippen molar-refractivity contribution < 1.29 is 8.42 Å². The van der Waals surface area contributed by atoms with Crippen LogP contribution >= 0.6 is 0 Å². The van der Waals surface area contributed by atoms with E-state index in [1.54, 1.807) is 18.2 Å². The van der Waals surface area contributed by atoms with Gasteiger partial charge in [0.15, 0.2) is 9.84 Å². The maximum atomic E-state index is 11.8. The summed E-state index contributed by atoms with van der Waals surface area (Å²) < 4.78 is 23.6. The molecular weight excluding hydrogens is 248 g/mol. The molecule has 5 heteroatoms. The highest BCUT2D eigenvalue weighted by molar-refractivity contribution is 7.90. The summed E-state index contributed by atoms with van der Waals surface area (Å²) in [7, 11) is -3.21. The number of hydrogen-bond acceptors (Lipinski definition) is 4. The highest BCUT2D eigenvalue weighted by Gasteiger charge is 2.22. The highest BCUT2D eigenvalue weighted by Crippen LogP contribution is 2.31.